The zero-order chi connectivity index (χ0) is 26.1. The maximum Gasteiger partial charge on any atom is 0.243 e. The molecule has 0 spiro atoms. The largest absolute Gasteiger partial charge is 0.352 e. The quantitative estimate of drug-likeness (QED) is 0.319. The van der Waals surface area contributed by atoms with Gasteiger partial charge < -0.3 is 10.2 Å². The molecule has 0 aliphatic heterocycles. The second-order valence-corrected chi connectivity index (χ2v) is 10.9. The topological polar surface area (TPSA) is 49.4 Å². The van der Waals surface area contributed by atoms with E-state index in [1.165, 1.54) is 16.7 Å². The van der Waals surface area contributed by atoms with Crippen LogP contribution in [0.25, 0.3) is 0 Å². The minimum Gasteiger partial charge on any atom is -0.352 e. The molecule has 0 aromatic heterocycles. The Hall–Kier alpha value is -2.76. The van der Waals surface area contributed by atoms with E-state index in [-0.39, 0.29) is 30.2 Å². The average Bonchev–Trinajstić information content (AvgIpc) is 2.82. The number of hydrogen-bond donors (Lipinski definition) is 1. The van der Waals surface area contributed by atoms with E-state index in [2.05, 4.69) is 37.4 Å². The summed E-state index contributed by atoms with van der Waals surface area (Å²) in [6.45, 7) is 8.29. The van der Waals surface area contributed by atoms with Crippen LogP contribution in [0.2, 0.25) is 5.02 Å². The predicted molar refractivity (Wildman–Crippen MR) is 151 cm³/mol. The minimum absolute atomic E-state index is 0.0352. The third kappa shape index (κ3) is 8.42. The summed E-state index contributed by atoms with van der Waals surface area (Å²) in [4.78, 5) is 28.8. The second kappa shape index (κ2) is 13.5. The zero-order valence-electron chi connectivity index (χ0n) is 21.5. The fraction of sp³-hybridized carbons (Fsp3) is 0.333. The maximum atomic E-state index is 13.7. The number of carbonyl (C=O) groups excluding carboxylic acids is 2. The summed E-state index contributed by atoms with van der Waals surface area (Å²) in [6.07, 6.45) is 0.428. The molecule has 0 heterocycles. The molecule has 0 saturated carbocycles. The van der Waals surface area contributed by atoms with Crippen molar-refractivity contribution in [3.63, 3.8) is 0 Å². The number of halogens is 1. The molecule has 190 valence electrons. The highest BCUT2D eigenvalue weighted by Gasteiger charge is 2.31. The van der Waals surface area contributed by atoms with E-state index in [9.17, 15) is 9.59 Å². The van der Waals surface area contributed by atoms with Crippen molar-refractivity contribution < 1.29 is 9.59 Å². The number of amides is 2. The van der Waals surface area contributed by atoms with Crippen molar-refractivity contribution in [2.24, 2.45) is 0 Å². The molecule has 3 aromatic carbocycles. The third-order valence-corrected chi connectivity index (χ3v) is 7.13. The van der Waals surface area contributed by atoms with E-state index in [0.29, 0.717) is 11.4 Å². The van der Waals surface area contributed by atoms with Crippen LogP contribution < -0.4 is 5.32 Å². The van der Waals surface area contributed by atoms with Gasteiger partial charge in [-0.15, -0.1) is 11.8 Å². The fourth-order valence-electron chi connectivity index (χ4n) is 4.24. The minimum atomic E-state index is -0.652. The number of nitrogens with zero attached hydrogens (tertiary/aromatic N) is 1. The summed E-state index contributed by atoms with van der Waals surface area (Å²) in [7, 11) is 0. The van der Waals surface area contributed by atoms with Crippen molar-refractivity contribution in [3.8, 4) is 0 Å². The molecule has 1 atom stereocenters. The Kier molecular flexibility index (Phi) is 10.4. The monoisotopic (exact) mass is 522 g/mol. The van der Waals surface area contributed by atoms with Gasteiger partial charge in [0.05, 0.1) is 5.75 Å². The van der Waals surface area contributed by atoms with Crippen molar-refractivity contribution in [2.75, 3.05) is 5.75 Å². The molecular weight excluding hydrogens is 488 g/mol. The maximum absolute atomic E-state index is 13.7. The lowest BCUT2D eigenvalue weighted by atomic mass is 10.0. The number of benzene rings is 3. The molecule has 0 aliphatic rings. The molecule has 2 amide bonds. The van der Waals surface area contributed by atoms with Gasteiger partial charge in [0.25, 0.3) is 0 Å². The first-order valence-electron chi connectivity index (χ1n) is 12.2. The summed E-state index contributed by atoms with van der Waals surface area (Å²) >= 11 is 8.04. The van der Waals surface area contributed by atoms with Gasteiger partial charge in [0, 0.05) is 29.8 Å². The number of carbonyl (C=O) groups is 2. The van der Waals surface area contributed by atoms with E-state index in [4.69, 9.17) is 11.6 Å². The van der Waals surface area contributed by atoms with Crippen molar-refractivity contribution in [3.05, 3.63) is 106 Å². The van der Waals surface area contributed by atoms with E-state index >= 15 is 0 Å². The Balaban J connectivity index is 1.86. The van der Waals surface area contributed by atoms with E-state index in [1.54, 1.807) is 16.7 Å². The Morgan fingerprint density at radius 1 is 0.917 bits per heavy atom. The number of aryl methyl sites for hydroxylation is 2. The molecule has 0 fully saturated rings. The first-order valence-corrected chi connectivity index (χ1v) is 13.8. The SMILES string of the molecule is Cc1cc(C)cc(CSCC(=O)N(Cc2ccccc2Cl)[C@H](Cc2ccccc2)C(=O)NC(C)C)c1. The highest BCUT2D eigenvalue weighted by atomic mass is 35.5. The van der Waals surface area contributed by atoms with Crippen molar-refractivity contribution in [1.29, 1.82) is 0 Å². The predicted octanol–water partition coefficient (Wildman–Crippen LogP) is 6.35. The Morgan fingerprint density at radius 2 is 1.56 bits per heavy atom. The summed E-state index contributed by atoms with van der Waals surface area (Å²) in [5, 5.41) is 3.60. The van der Waals surface area contributed by atoms with Crippen LogP contribution >= 0.6 is 23.4 Å². The summed E-state index contributed by atoms with van der Waals surface area (Å²) < 4.78 is 0. The lowest BCUT2D eigenvalue weighted by Crippen LogP contribution is -2.52. The fourth-order valence-corrected chi connectivity index (χ4v) is 5.28. The first kappa shape index (κ1) is 27.8. The standard InChI is InChI=1S/C30H35ClN2O2S/c1-21(2)32-30(35)28(17-24-10-6-5-7-11-24)33(18-26-12-8-9-13-27(26)31)29(34)20-36-19-25-15-22(3)14-23(4)16-25/h5-16,21,28H,17-20H2,1-4H3,(H,32,35)/t28-/m1/s1. The van der Waals surface area contributed by atoms with Crippen LogP contribution in [0.15, 0.2) is 72.8 Å². The lowest BCUT2D eigenvalue weighted by Gasteiger charge is -2.32. The molecule has 36 heavy (non-hydrogen) atoms. The number of hydrogen-bond acceptors (Lipinski definition) is 3. The first-order chi connectivity index (χ1) is 17.2. The Morgan fingerprint density at radius 3 is 2.19 bits per heavy atom. The van der Waals surface area contributed by atoms with Gasteiger partial charge in [-0.25, -0.2) is 0 Å². The van der Waals surface area contributed by atoms with Crippen LogP contribution in [0.5, 0.6) is 0 Å². The molecule has 0 saturated heterocycles. The normalized spacial score (nSPS) is 11.8. The van der Waals surface area contributed by atoms with Crippen molar-refractivity contribution >= 4 is 35.2 Å². The number of thioether (sulfide) groups is 1. The van der Waals surface area contributed by atoms with Crippen LogP contribution in [-0.2, 0) is 28.3 Å². The molecular formula is C30H35ClN2O2S. The van der Waals surface area contributed by atoms with E-state index in [0.717, 1.165) is 16.9 Å². The number of rotatable bonds is 11. The molecule has 0 unspecified atom stereocenters. The Labute approximate surface area is 224 Å². The highest BCUT2D eigenvalue weighted by molar-refractivity contribution is 7.99. The van der Waals surface area contributed by atoms with Gasteiger partial charge in [-0.3, -0.25) is 9.59 Å². The molecule has 1 N–H and O–H groups in total. The highest BCUT2D eigenvalue weighted by Crippen LogP contribution is 2.22. The average molecular weight is 523 g/mol. The van der Waals surface area contributed by atoms with Gasteiger partial charge in [-0.05, 0) is 50.5 Å². The van der Waals surface area contributed by atoms with Gasteiger partial charge in [0.1, 0.15) is 6.04 Å². The van der Waals surface area contributed by atoms with Gasteiger partial charge in [-0.2, -0.15) is 0 Å². The molecule has 3 rings (SSSR count). The van der Waals surface area contributed by atoms with Gasteiger partial charge in [-0.1, -0.05) is 89.5 Å². The molecule has 3 aromatic rings. The third-order valence-electron chi connectivity index (χ3n) is 5.78. The van der Waals surface area contributed by atoms with Crippen LogP contribution in [0.4, 0.5) is 0 Å². The zero-order valence-corrected chi connectivity index (χ0v) is 23.0. The van der Waals surface area contributed by atoms with E-state index in [1.807, 2.05) is 68.4 Å². The summed E-state index contributed by atoms with van der Waals surface area (Å²) in [6, 6.07) is 23.1. The van der Waals surface area contributed by atoms with Gasteiger partial charge in [0.15, 0.2) is 0 Å². The van der Waals surface area contributed by atoms with Crippen LogP contribution in [-0.4, -0.2) is 34.6 Å². The van der Waals surface area contributed by atoms with Gasteiger partial charge in [0.2, 0.25) is 11.8 Å². The molecule has 0 radical (unpaired) electrons. The smallest absolute Gasteiger partial charge is 0.243 e. The lowest BCUT2D eigenvalue weighted by molar-refractivity contribution is -0.139. The summed E-state index contributed by atoms with van der Waals surface area (Å²) in [5.74, 6) is 0.769. The van der Waals surface area contributed by atoms with E-state index < -0.39 is 6.04 Å². The second-order valence-electron chi connectivity index (χ2n) is 9.47. The Bertz CT molecular complexity index is 1150. The van der Waals surface area contributed by atoms with Crippen molar-refractivity contribution in [2.45, 2.75) is 58.5 Å². The van der Waals surface area contributed by atoms with Crippen LogP contribution in [0.1, 0.15) is 41.7 Å². The van der Waals surface area contributed by atoms with Crippen molar-refractivity contribution in [1.82, 2.24) is 10.2 Å². The molecule has 6 heteroatoms. The molecule has 4 nitrogen and oxygen atoms in total. The summed E-state index contributed by atoms with van der Waals surface area (Å²) in [5.41, 5.74) is 5.45. The van der Waals surface area contributed by atoms with Crippen LogP contribution in [0, 0.1) is 13.8 Å². The van der Waals surface area contributed by atoms with Crippen LogP contribution in [0.3, 0.4) is 0 Å². The molecule has 0 bridgehead atoms. The van der Waals surface area contributed by atoms with Gasteiger partial charge >= 0.3 is 0 Å². The number of nitrogens with one attached hydrogen (secondary N) is 1. The molecule has 0 aliphatic carbocycles.